The molecule has 2 heteroatoms. The second-order valence-electron chi connectivity index (χ2n) is 7.14. The van der Waals surface area contributed by atoms with Gasteiger partial charge in [-0.05, 0) is 30.1 Å². The van der Waals surface area contributed by atoms with Gasteiger partial charge in [0, 0.05) is 0 Å². The maximum absolute atomic E-state index is 6.43. The van der Waals surface area contributed by atoms with Gasteiger partial charge in [0.2, 0.25) is 0 Å². The summed E-state index contributed by atoms with van der Waals surface area (Å²) in [6.07, 6.45) is 8.18. The molecule has 0 aliphatic heterocycles. The third kappa shape index (κ3) is 2.09. The van der Waals surface area contributed by atoms with Gasteiger partial charge in [-0.2, -0.15) is 0 Å². The highest BCUT2D eigenvalue weighted by Crippen LogP contribution is 2.55. The Morgan fingerprint density at radius 2 is 1.50 bits per heavy atom. The molecule has 2 fully saturated rings. The van der Waals surface area contributed by atoms with E-state index < -0.39 is 5.21 Å². The molecular weight excluding hydrogens is 190 g/mol. The van der Waals surface area contributed by atoms with E-state index in [2.05, 4.69) is 20.8 Å². The monoisotopic (exact) mass is 214 g/mol. The van der Waals surface area contributed by atoms with Gasteiger partial charge in [0.1, 0.15) is 0 Å². The molecule has 3 atom stereocenters. The van der Waals surface area contributed by atoms with E-state index in [1.54, 1.807) is 0 Å². The average molecular weight is 214 g/mol. The fraction of sp³-hybridized carbons (Fsp3) is 1.00. The summed E-state index contributed by atoms with van der Waals surface area (Å²) >= 11 is 0. The Bertz CT molecular complexity index is 252. The van der Waals surface area contributed by atoms with Crippen LogP contribution in [0.5, 0.6) is 0 Å². The molecule has 0 aromatic carbocycles. The number of hydrogen-bond donors (Lipinski definition) is 0. The van der Waals surface area contributed by atoms with Gasteiger partial charge in [-0.25, -0.2) is 0 Å². The predicted octanol–water partition coefficient (Wildman–Crippen LogP) is 3.70. The van der Waals surface area contributed by atoms with Crippen LogP contribution >= 0.6 is 0 Å². The SMILES string of the molecule is [B]C([B])(C1CCC2CCCC2C1)C(C)(C)C. The Morgan fingerprint density at radius 3 is 2.12 bits per heavy atom. The molecule has 2 aliphatic rings. The van der Waals surface area contributed by atoms with E-state index in [9.17, 15) is 0 Å². The number of hydrogen-bond acceptors (Lipinski definition) is 0. The van der Waals surface area contributed by atoms with Crippen LogP contribution in [0, 0.1) is 23.2 Å². The van der Waals surface area contributed by atoms with E-state index in [1.807, 2.05) is 0 Å². The lowest BCUT2D eigenvalue weighted by atomic mass is 9.37. The summed E-state index contributed by atoms with van der Waals surface area (Å²) in [5.41, 5.74) is 0.00308. The molecule has 0 saturated heterocycles. The van der Waals surface area contributed by atoms with Gasteiger partial charge in [0.05, 0.1) is 15.7 Å². The zero-order chi connectivity index (χ0) is 12.0. The summed E-state index contributed by atoms with van der Waals surface area (Å²) in [5.74, 6) is 2.44. The highest BCUT2D eigenvalue weighted by atomic mass is 14.4. The molecule has 3 unspecified atom stereocenters. The molecule has 0 amide bonds. The van der Waals surface area contributed by atoms with Crippen molar-refractivity contribution in [3.8, 4) is 0 Å². The van der Waals surface area contributed by atoms with Crippen LogP contribution in [0.4, 0.5) is 0 Å². The highest BCUT2D eigenvalue weighted by molar-refractivity contribution is 6.40. The lowest BCUT2D eigenvalue weighted by Crippen LogP contribution is -2.40. The van der Waals surface area contributed by atoms with Gasteiger partial charge >= 0.3 is 0 Å². The lowest BCUT2D eigenvalue weighted by molar-refractivity contribution is 0.144. The van der Waals surface area contributed by atoms with Crippen molar-refractivity contribution in [3.05, 3.63) is 0 Å². The predicted molar refractivity (Wildman–Crippen MR) is 71.8 cm³/mol. The molecule has 0 aromatic rings. The van der Waals surface area contributed by atoms with E-state index in [4.69, 9.17) is 15.7 Å². The van der Waals surface area contributed by atoms with Crippen molar-refractivity contribution in [1.82, 2.24) is 0 Å². The van der Waals surface area contributed by atoms with Crippen LogP contribution in [0.25, 0.3) is 0 Å². The molecule has 0 bridgehead atoms. The first kappa shape index (κ1) is 12.6. The van der Waals surface area contributed by atoms with Crippen molar-refractivity contribution in [2.75, 3.05) is 0 Å². The third-order valence-corrected chi connectivity index (χ3v) is 5.26. The molecule has 16 heavy (non-hydrogen) atoms. The molecule has 0 nitrogen and oxygen atoms in total. The maximum Gasteiger partial charge on any atom is 0.0631 e. The molecule has 0 heterocycles. The van der Waals surface area contributed by atoms with Gasteiger partial charge in [0.15, 0.2) is 0 Å². The topological polar surface area (TPSA) is 0 Å². The molecular formula is C14H24B2. The molecule has 2 aliphatic carbocycles. The van der Waals surface area contributed by atoms with E-state index in [0.29, 0.717) is 5.92 Å². The van der Waals surface area contributed by atoms with Crippen LogP contribution in [0.1, 0.15) is 59.3 Å². The highest BCUT2D eigenvalue weighted by Gasteiger charge is 2.43. The van der Waals surface area contributed by atoms with E-state index in [1.165, 1.54) is 38.5 Å². The van der Waals surface area contributed by atoms with E-state index in [0.717, 1.165) is 11.8 Å². The zero-order valence-corrected chi connectivity index (χ0v) is 11.1. The van der Waals surface area contributed by atoms with Crippen molar-refractivity contribution < 1.29 is 0 Å². The second-order valence-corrected chi connectivity index (χ2v) is 7.14. The quantitative estimate of drug-likeness (QED) is 0.583. The van der Waals surface area contributed by atoms with Crippen molar-refractivity contribution in [1.29, 1.82) is 0 Å². The lowest BCUT2D eigenvalue weighted by Gasteiger charge is -2.50. The smallest absolute Gasteiger partial charge is 0.0631 e. The van der Waals surface area contributed by atoms with Gasteiger partial charge in [-0.3, -0.25) is 0 Å². The Kier molecular flexibility index (Phi) is 3.23. The first-order valence-corrected chi connectivity index (χ1v) is 6.90. The van der Waals surface area contributed by atoms with Crippen LogP contribution < -0.4 is 0 Å². The van der Waals surface area contributed by atoms with Gasteiger partial charge in [-0.1, -0.05) is 57.6 Å². The summed E-state index contributed by atoms with van der Waals surface area (Å²) < 4.78 is 0. The number of fused-ring (bicyclic) bond motifs is 1. The Morgan fingerprint density at radius 1 is 0.875 bits per heavy atom. The first-order valence-electron chi connectivity index (χ1n) is 6.90. The van der Waals surface area contributed by atoms with Crippen molar-refractivity contribution in [3.63, 3.8) is 0 Å². The minimum Gasteiger partial charge on any atom is -0.0916 e. The summed E-state index contributed by atoms with van der Waals surface area (Å²) in [4.78, 5) is 0. The molecule has 2 rings (SSSR count). The fourth-order valence-corrected chi connectivity index (χ4v) is 3.75. The molecule has 86 valence electrons. The Balaban J connectivity index is 2.06. The third-order valence-electron chi connectivity index (χ3n) is 5.26. The molecule has 4 radical (unpaired) electrons. The maximum atomic E-state index is 6.43. The first-order chi connectivity index (χ1) is 7.32. The van der Waals surface area contributed by atoms with Crippen molar-refractivity contribution >= 4 is 15.7 Å². The summed E-state index contributed by atoms with van der Waals surface area (Å²) in [6.45, 7) is 6.52. The van der Waals surface area contributed by atoms with Crippen LogP contribution in [0.3, 0.4) is 0 Å². The normalized spacial score (nSPS) is 36.1. The molecule has 0 spiro atoms. The van der Waals surface area contributed by atoms with Crippen LogP contribution in [-0.4, -0.2) is 15.7 Å². The minimum absolute atomic E-state index is 0.00308. The fourth-order valence-electron chi connectivity index (χ4n) is 3.75. The summed E-state index contributed by atoms with van der Waals surface area (Å²) in [6, 6.07) is 0. The Hall–Kier alpha value is 0.130. The van der Waals surface area contributed by atoms with Gasteiger partial charge < -0.3 is 0 Å². The average Bonchev–Trinajstić information content (AvgIpc) is 2.61. The summed E-state index contributed by atoms with van der Waals surface area (Å²) in [5, 5.41) is -0.499. The minimum atomic E-state index is -0.499. The second kappa shape index (κ2) is 4.10. The van der Waals surface area contributed by atoms with Crippen molar-refractivity contribution in [2.45, 2.75) is 64.5 Å². The summed E-state index contributed by atoms with van der Waals surface area (Å²) in [7, 11) is 12.9. The van der Waals surface area contributed by atoms with Gasteiger partial charge in [0.25, 0.3) is 0 Å². The van der Waals surface area contributed by atoms with Crippen LogP contribution in [0.15, 0.2) is 0 Å². The molecule has 0 N–H and O–H groups in total. The number of rotatable bonds is 1. The van der Waals surface area contributed by atoms with E-state index >= 15 is 0 Å². The largest absolute Gasteiger partial charge is 0.0916 e. The van der Waals surface area contributed by atoms with Crippen LogP contribution in [-0.2, 0) is 0 Å². The van der Waals surface area contributed by atoms with Crippen molar-refractivity contribution in [2.24, 2.45) is 23.2 Å². The zero-order valence-electron chi connectivity index (χ0n) is 11.1. The molecule has 0 aromatic heterocycles. The van der Waals surface area contributed by atoms with E-state index in [-0.39, 0.29) is 5.41 Å². The molecule has 2 saturated carbocycles. The van der Waals surface area contributed by atoms with Gasteiger partial charge in [-0.15, -0.1) is 0 Å². The Labute approximate surface area is 104 Å². The standard InChI is InChI=1S/C14H24B2/c1-13(2,3)14(15,16)12-8-7-10-5-4-6-11(10)9-12/h10-12H,4-9H2,1-3H3. The van der Waals surface area contributed by atoms with Crippen LogP contribution in [0.2, 0.25) is 5.21 Å².